The largest absolute Gasteiger partial charge is 0.421 e. The van der Waals surface area contributed by atoms with Gasteiger partial charge in [0.05, 0.1) is 11.0 Å². The van der Waals surface area contributed by atoms with Gasteiger partial charge in [0.1, 0.15) is 5.56 Å². The van der Waals surface area contributed by atoms with Crippen molar-refractivity contribution in [3.63, 3.8) is 0 Å². The van der Waals surface area contributed by atoms with Crippen molar-refractivity contribution in [2.24, 2.45) is 0 Å². The fourth-order valence-corrected chi connectivity index (χ4v) is 1.28. The molecule has 1 aromatic carbocycles. The van der Waals surface area contributed by atoms with E-state index >= 15 is 0 Å². The molecule has 0 fully saturated rings. The average molecular weight is 249 g/mol. The number of nitro groups is 1. The Balaban J connectivity index is 2.85. The van der Waals surface area contributed by atoms with Crippen LogP contribution >= 0.6 is 0 Å². The maximum Gasteiger partial charge on any atom is 0.421 e. The van der Waals surface area contributed by atoms with Crippen LogP contribution in [0.15, 0.2) is 16.8 Å². The predicted molar refractivity (Wildman–Crippen MR) is 44.6 cm³/mol. The first-order valence-electron chi connectivity index (χ1n) is 4.06. The van der Waals surface area contributed by atoms with Crippen LogP contribution in [-0.4, -0.2) is 10.1 Å². The van der Waals surface area contributed by atoms with Gasteiger partial charge in [-0.05, 0) is 4.90 Å². The van der Waals surface area contributed by atoms with E-state index in [2.05, 4.69) is 9.79 Å². The van der Waals surface area contributed by atoms with Crippen LogP contribution in [0.4, 0.5) is 18.9 Å². The third-order valence-electron chi connectivity index (χ3n) is 1.99. The highest BCUT2D eigenvalue weighted by Crippen LogP contribution is 2.35. The number of benzene rings is 1. The van der Waals surface area contributed by atoms with E-state index in [4.69, 9.17) is 0 Å². The summed E-state index contributed by atoms with van der Waals surface area (Å²) in [6.45, 7) is 0. The highest BCUT2D eigenvalue weighted by molar-refractivity contribution is 5.78. The molecule has 0 N–H and O–H groups in total. The van der Waals surface area contributed by atoms with E-state index in [9.17, 15) is 28.5 Å². The minimum absolute atomic E-state index is 0.296. The molecule has 10 heteroatoms. The van der Waals surface area contributed by atoms with Gasteiger partial charge in [0.15, 0.2) is 0 Å². The van der Waals surface area contributed by atoms with Crippen molar-refractivity contribution in [1.29, 1.82) is 0 Å². The summed E-state index contributed by atoms with van der Waals surface area (Å²) in [5.74, 6) is 0. The van der Waals surface area contributed by atoms with E-state index in [-0.39, 0.29) is 4.90 Å². The lowest BCUT2D eigenvalue weighted by molar-refractivity contribution is -0.782. The van der Waals surface area contributed by atoms with Crippen LogP contribution in [0.3, 0.4) is 0 Å². The van der Waals surface area contributed by atoms with Crippen LogP contribution in [0.5, 0.6) is 0 Å². The molecule has 17 heavy (non-hydrogen) atoms. The number of non-ortho nitro benzene ring substituents is 1. The molecular weight excluding hydrogens is 247 g/mol. The van der Waals surface area contributed by atoms with Crippen molar-refractivity contribution in [3.05, 3.63) is 33.0 Å². The van der Waals surface area contributed by atoms with Gasteiger partial charge < -0.3 is 5.21 Å². The zero-order valence-corrected chi connectivity index (χ0v) is 7.76. The van der Waals surface area contributed by atoms with Crippen molar-refractivity contribution in [2.75, 3.05) is 0 Å². The molecule has 2 aromatic rings. The second-order valence-electron chi connectivity index (χ2n) is 3.05. The Morgan fingerprint density at radius 3 is 2.59 bits per heavy atom. The summed E-state index contributed by atoms with van der Waals surface area (Å²) in [6, 6.07) is 0.957. The van der Waals surface area contributed by atoms with Gasteiger partial charge in [-0.1, -0.05) is 0 Å². The Kier molecular flexibility index (Phi) is 2.16. The molecule has 0 aliphatic rings. The Labute approximate surface area is 89.7 Å². The van der Waals surface area contributed by atoms with E-state index in [0.29, 0.717) is 12.1 Å². The van der Waals surface area contributed by atoms with Crippen LogP contribution in [0.25, 0.3) is 11.0 Å². The minimum Gasteiger partial charge on any atom is -0.359 e. The summed E-state index contributed by atoms with van der Waals surface area (Å²) in [6.07, 6.45) is -4.87. The molecule has 2 rings (SSSR count). The van der Waals surface area contributed by atoms with E-state index in [1.807, 2.05) is 0 Å². The predicted octanol–water partition coefficient (Wildman–Crippen LogP) is 1.39. The number of hydrogen-bond acceptors (Lipinski definition) is 5. The fraction of sp³-hybridized carbons (Fsp3) is 0.143. The Morgan fingerprint density at radius 1 is 1.41 bits per heavy atom. The maximum absolute atomic E-state index is 12.6. The van der Waals surface area contributed by atoms with E-state index in [1.54, 1.807) is 0 Å². The Morgan fingerprint density at radius 2 is 2.06 bits per heavy atom. The van der Waals surface area contributed by atoms with Gasteiger partial charge in [-0.25, -0.2) is 0 Å². The lowest BCUT2D eigenvalue weighted by Crippen LogP contribution is -2.23. The standard InChI is InChI=1S/C7H2F3N3O4/c8-7(9,10)4-1-3(12(14)15)2-5-6(4)11-17-13(5)16/h1-2H. The number of halogens is 3. The molecule has 0 aliphatic heterocycles. The summed E-state index contributed by atoms with van der Waals surface area (Å²) in [4.78, 5) is 9.07. The monoisotopic (exact) mass is 249 g/mol. The maximum atomic E-state index is 12.6. The molecule has 0 bridgehead atoms. The van der Waals surface area contributed by atoms with Crippen molar-refractivity contribution >= 4 is 16.7 Å². The Hall–Kier alpha value is -2.39. The van der Waals surface area contributed by atoms with Crippen molar-refractivity contribution in [2.45, 2.75) is 6.18 Å². The van der Waals surface area contributed by atoms with Crippen molar-refractivity contribution in [3.8, 4) is 0 Å². The lowest BCUT2D eigenvalue weighted by atomic mass is 10.1. The number of nitrogens with zero attached hydrogens (tertiary/aromatic N) is 3. The number of fused-ring (bicyclic) bond motifs is 1. The Bertz CT molecular complexity index is 606. The van der Waals surface area contributed by atoms with Gasteiger partial charge in [0.25, 0.3) is 11.2 Å². The second kappa shape index (κ2) is 3.30. The van der Waals surface area contributed by atoms with Crippen LogP contribution < -0.4 is 4.90 Å². The zero-order chi connectivity index (χ0) is 12.8. The highest BCUT2D eigenvalue weighted by Gasteiger charge is 2.39. The second-order valence-corrected chi connectivity index (χ2v) is 3.05. The van der Waals surface area contributed by atoms with Gasteiger partial charge in [-0.3, -0.25) is 14.7 Å². The van der Waals surface area contributed by atoms with E-state index in [0.717, 1.165) is 0 Å². The lowest BCUT2D eigenvalue weighted by Gasteiger charge is -2.03. The van der Waals surface area contributed by atoms with Crippen LogP contribution in [-0.2, 0) is 6.18 Å². The normalized spacial score (nSPS) is 11.9. The molecule has 0 spiro atoms. The number of nitro benzene ring substituents is 1. The first kappa shape index (κ1) is 11.1. The summed E-state index contributed by atoms with van der Waals surface area (Å²) in [7, 11) is 0. The molecule has 0 unspecified atom stereocenters. The summed E-state index contributed by atoms with van der Waals surface area (Å²) in [5.41, 5.74) is -3.66. The number of hydrogen-bond donors (Lipinski definition) is 0. The van der Waals surface area contributed by atoms with Crippen LogP contribution in [0.2, 0.25) is 0 Å². The topological polar surface area (TPSA) is 96.1 Å². The zero-order valence-electron chi connectivity index (χ0n) is 7.76. The van der Waals surface area contributed by atoms with Gasteiger partial charge in [0.2, 0.25) is 5.52 Å². The number of aromatic nitrogens is 2. The van der Waals surface area contributed by atoms with Crippen molar-refractivity contribution in [1.82, 2.24) is 5.16 Å². The molecular formula is C7H2F3N3O4. The van der Waals surface area contributed by atoms with Gasteiger partial charge >= 0.3 is 6.18 Å². The smallest absolute Gasteiger partial charge is 0.359 e. The van der Waals surface area contributed by atoms with Gasteiger partial charge in [-0.15, -0.1) is 0 Å². The molecule has 0 atom stereocenters. The van der Waals surface area contributed by atoms with E-state index < -0.39 is 33.4 Å². The SMILES string of the molecule is O=[N+]([O-])c1cc(C(F)(F)F)c2no[n+]([O-])c2c1. The molecule has 0 saturated heterocycles. The molecule has 90 valence electrons. The van der Waals surface area contributed by atoms with E-state index in [1.165, 1.54) is 0 Å². The van der Waals surface area contributed by atoms with Gasteiger partial charge in [-0.2, -0.15) is 13.2 Å². The number of alkyl halides is 3. The molecule has 0 amide bonds. The third kappa shape index (κ3) is 1.73. The summed E-state index contributed by atoms with van der Waals surface area (Å²) < 4.78 is 41.6. The quantitative estimate of drug-likeness (QED) is 0.432. The molecule has 1 heterocycles. The van der Waals surface area contributed by atoms with Gasteiger partial charge in [0, 0.05) is 11.2 Å². The molecule has 1 aromatic heterocycles. The minimum atomic E-state index is -4.87. The first-order valence-corrected chi connectivity index (χ1v) is 4.06. The molecule has 0 radical (unpaired) electrons. The molecule has 7 nitrogen and oxygen atoms in total. The number of rotatable bonds is 1. The van der Waals surface area contributed by atoms with Crippen molar-refractivity contribution < 1.29 is 27.6 Å². The average Bonchev–Trinajstić information content (AvgIpc) is 2.58. The fourth-order valence-electron chi connectivity index (χ4n) is 1.28. The van der Waals surface area contributed by atoms with Crippen LogP contribution in [0, 0.1) is 15.3 Å². The van der Waals surface area contributed by atoms with Crippen LogP contribution in [0.1, 0.15) is 5.56 Å². The molecule has 0 saturated carbocycles. The summed E-state index contributed by atoms with van der Waals surface area (Å²) in [5, 5.41) is 24.3. The highest BCUT2D eigenvalue weighted by atomic mass is 19.4. The third-order valence-corrected chi connectivity index (χ3v) is 1.99. The summed E-state index contributed by atoms with van der Waals surface area (Å²) >= 11 is 0. The molecule has 0 aliphatic carbocycles. The first-order chi connectivity index (χ1) is 7.80.